The van der Waals surface area contributed by atoms with Crippen molar-refractivity contribution in [2.24, 2.45) is 0 Å². The SMILES string of the molecule is CCOC(=O)C=Cc1cccc(-c2ccc([N+](=O)[O-])cc2)c1. The second kappa shape index (κ2) is 7.17. The van der Waals surface area contributed by atoms with Gasteiger partial charge in [0.25, 0.3) is 5.69 Å². The maximum absolute atomic E-state index is 11.3. The van der Waals surface area contributed by atoms with Crippen LogP contribution in [0.5, 0.6) is 0 Å². The molecule has 0 unspecified atom stereocenters. The summed E-state index contributed by atoms with van der Waals surface area (Å²) in [6.45, 7) is 2.09. The van der Waals surface area contributed by atoms with Crippen molar-refractivity contribution >= 4 is 17.7 Å². The molecule has 22 heavy (non-hydrogen) atoms. The molecule has 5 heteroatoms. The number of nitro groups is 1. The highest BCUT2D eigenvalue weighted by Gasteiger charge is 2.05. The van der Waals surface area contributed by atoms with Crippen LogP contribution >= 0.6 is 0 Å². The molecule has 0 heterocycles. The van der Waals surface area contributed by atoms with E-state index in [1.165, 1.54) is 18.2 Å². The van der Waals surface area contributed by atoms with Crippen molar-refractivity contribution in [3.63, 3.8) is 0 Å². The molecule has 5 nitrogen and oxygen atoms in total. The molecule has 0 aliphatic heterocycles. The van der Waals surface area contributed by atoms with Crippen molar-refractivity contribution in [1.82, 2.24) is 0 Å². The molecule has 2 rings (SSSR count). The zero-order valence-corrected chi connectivity index (χ0v) is 12.1. The van der Waals surface area contributed by atoms with Crippen LogP contribution in [0, 0.1) is 10.1 Å². The fourth-order valence-electron chi connectivity index (χ4n) is 1.95. The normalized spacial score (nSPS) is 10.6. The van der Waals surface area contributed by atoms with Crippen LogP contribution in [0.25, 0.3) is 17.2 Å². The van der Waals surface area contributed by atoms with Crippen molar-refractivity contribution < 1.29 is 14.5 Å². The molecule has 112 valence electrons. The van der Waals surface area contributed by atoms with E-state index in [9.17, 15) is 14.9 Å². The van der Waals surface area contributed by atoms with E-state index in [4.69, 9.17) is 4.74 Å². The summed E-state index contributed by atoms with van der Waals surface area (Å²) in [5, 5.41) is 10.7. The Morgan fingerprint density at radius 1 is 1.18 bits per heavy atom. The molecule has 0 aliphatic rings. The molecular formula is C17H15NO4. The van der Waals surface area contributed by atoms with Crippen LogP contribution in [0.4, 0.5) is 5.69 Å². The monoisotopic (exact) mass is 297 g/mol. The average Bonchev–Trinajstić information content (AvgIpc) is 2.53. The predicted octanol–water partition coefficient (Wildman–Crippen LogP) is 3.84. The lowest BCUT2D eigenvalue weighted by Gasteiger charge is -2.03. The Kier molecular flexibility index (Phi) is 5.03. The molecule has 0 spiro atoms. The lowest BCUT2D eigenvalue weighted by molar-refractivity contribution is -0.384. The van der Waals surface area contributed by atoms with Crippen LogP contribution in [0.3, 0.4) is 0 Å². The van der Waals surface area contributed by atoms with Crippen LogP contribution in [0.2, 0.25) is 0 Å². The quantitative estimate of drug-likeness (QED) is 0.364. The minimum absolute atomic E-state index is 0.0575. The summed E-state index contributed by atoms with van der Waals surface area (Å²) in [5.74, 6) is -0.386. The number of hydrogen-bond acceptors (Lipinski definition) is 4. The lowest BCUT2D eigenvalue weighted by atomic mass is 10.0. The van der Waals surface area contributed by atoms with Gasteiger partial charge in [-0.25, -0.2) is 4.79 Å². The van der Waals surface area contributed by atoms with Gasteiger partial charge in [-0.05, 0) is 47.9 Å². The molecule has 0 N–H and O–H groups in total. The topological polar surface area (TPSA) is 69.4 Å². The van der Waals surface area contributed by atoms with E-state index in [0.717, 1.165) is 16.7 Å². The van der Waals surface area contributed by atoms with Gasteiger partial charge in [0.15, 0.2) is 0 Å². The van der Waals surface area contributed by atoms with Crippen LogP contribution in [0.15, 0.2) is 54.6 Å². The third kappa shape index (κ3) is 4.02. The zero-order chi connectivity index (χ0) is 15.9. The van der Waals surface area contributed by atoms with Gasteiger partial charge in [-0.1, -0.05) is 18.2 Å². The van der Waals surface area contributed by atoms with E-state index in [-0.39, 0.29) is 11.7 Å². The van der Waals surface area contributed by atoms with Gasteiger partial charge in [0.05, 0.1) is 11.5 Å². The molecule has 0 aromatic heterocycles. The molecule has 0 atom stereocenters. The van der Waals surface area contributed by atoms with E-state index < -0.39 is 4.92 Å². The smallest absolute Gasteiger partial charge is 0.330 e. The average molecular weight is 297 g/mol. The molecule has 0 amide bonds. The number of carbonyl (C=O) groups is 1. The third-order valence-electron chi connectivity index (χ3n) is 3.00. The first-order valence-corrected chi connectivity index (χ1v) is 6.80. The fraction of sp³-hybridized carbons (Fsp3) is 0.118. The second-order valence-corrected chi connectivity index (χ2v) is 4.51. The standard InChI is InChI=1S/C17H15NO4/c1-2-22-17(19)11-6-13-4-3-5-15(12-13)14-7-9-16(10-8-14)18(20)21/h3-12H,2H2,1H3. The largest absolute Gasteiger partial charge is 0.463 e. The first-order chi connectivity index (χ1) is 10.6. The number of hydrogen-bond donors (Lipinski definition) is 0. The number of benzene rings is 2. The predicted molar refractivity (Wildman–Crippen MR) is 84.2 cm³/mol. The highest BCUT2D eigenvalue weighted by atomic mass is 16.6. The Morgan fingerprint density at radius 2 is 1.91 bits per heavy atom. The molecule has 2 aromatic rings. The number of rotatable bonds is 5. The van der Waals surface area contributed by atoms with Gasteiger partial charge in [0.1, 0.15) is 0 Å². The van der Waals surface area contributed by atoms with Gasteiger partial charge in [0, 0.05) is 18.2 Å². The number of carbonyl (C=O) groups excluding carboxylic acids is 1. The van der Waals surface area contributed by atoms with Crippen molar-refractivity contribution in [3.8, 4) is 11.1 Å². The zero-order valence-electron chi connectivity index (χ0n) is 12.1. The Balaban J connectivity index is 2.21. The van der Waals surface area contributed by atoms with Gasteiger partial charge in [-0.15, -0.1) is 0 Å². The Bertz CT molecular complexity index is 705. The number of ether oxygens (including phenoxy) is 1. The summed E-state index contributed by atoms with van der Waals surface area (Å²) in [5.41, 5.74) is 2.70. The third-order valence-corrected chi connectivity index (χ3v) is 3.00. The Hall–Kier alpha value is -2.95. The molecule has 0 bridgehead atoms. The minimum Gasteiger partial charge on any atom is -0.463 e. The van der Waals surface area contributed by atoms with Gasteiger partial charge in [-0.2, -0.15) is 0 Å². The highest BCUT2D eigenvalue weighted by Crippen LogP contribution is 2.23. The van der Waals surface area contributed by atoms with Crippen molar-refractivity contribution in [2.45, 2.75) is 6.92 Å². The van der Waals surface area contributed by atoms with E-state index in [2.05, 4.69) is 0 Å². The van der Waals surface area contributed by atoms with Gasteiger partial charge in [-0.3, -0.25) is 10.1 Å². The Labute approximate surface area is 128 Å². The summed E-state index contributed by atoms with van der Waals surface area (Å²) in [6.07, 6.45) is 3.05. The molecule has 0 fully saturated rings. The van der Waals surface area contributed by atoms with E-state index in [1.807, 2.05) is 24.3 Å². The maximum Gasteiger partial charge on any atom is 0.330 e. The molecule has 0 saturated heterocycles. The molecule has 0 saturated carbocycles. The summed E-state index contributed by atoms with van der Waals surface area (Å²) < 4.78 is 4.82. The molecule has 0 aliphatic carbocycles. The number of esters is 1. The van der Waals surface area contributed by atoms with Crippen LogP contribution in [0.1, 0.15) is 12.5 Å². The number of nitro benzene ring substituents is 1. The summed E-state index contributed by atoms with van der Waals surface area (Å²) in [4.78, 5) is 21.5. The molecule has 2 aromatic carbocycles. The lowest BCUT2D eigenvalue weighted by Crippen LogP contribution is -1.98. The minimum atomic E-state index is -0.428. The van der Waals surface area contributed by atoms with E-state index >= 15 is 0 Å². The maximum atomic E-state index is 11.3. The van der Waals surface area contributed by atoms with Crippen molar-refractivity contribution in [1.29, 1.82) is 0 Å². The number of nitrogens with zero attached hydrogens (tertiary/aromatic N) is 1. The second-order valence-electron chi connectivity index (χ2n) is 4.51. The molecular weight excluding hydrogens is 282 g/mol. The van der Waals surface area contributed by atoms with Crippen molar-refractivity contribution in [3.05, 3.63) is 70.3 Å². The van der Waals surface area contributed by atoms with E-state index in [1.54, 1.807) is 25.1 Å². The molecule has 0 radical (unpaired) electrons. The van der Waals surface area contributed by atoms with Gasteiger partial charge >= 0.3 is 5.97 Å². The summed E-state index contributed by atoms with van der Waals surface area (Å²) in [7, 11) is 0. The first-order valence-electron chi connectivity index (χ1n) is 6.80. The fourth-order valence-corrected chi connectivity index (χ4v) is 1.95. The summed E-state index contributed by atoms with van der Waals surface area (Å²) >= 11 is 0. The summed E-state index contributed by atoms with van der Waals surface area (Å²) in [6, 6.07) is 13.9. The van der Waals surface area contributed by atoms with Crippen LogP contribution in [-0.2, 0) is 9.53 Å². The first kappa shape index (κ1) is 15.4. The van der Waals surface area contributed by atoms with Gasteiger partial charge < -0.3 is 4.74 Å². The van der Waals surface area contributed by atoms with Gasteiger partial charge in [0.2, 0.25) is 0 Å². The van der Waals surface area contributed by atoms with Crippen LogP contribution in [-0.4, -0.2) is 17.5 Å². The number of non-ortho nitro benzene ring substituents is 1. The Morgan fingerprint density at radius 3 is 2.55 bits per heavy atom. The van der Waals surface area contributed by atoms with Crippen molar-refractivity contribution in [2.75, 3.05) is 6.61 Å². The highest BCUT2D eigenvalue weighted by molar-refractivity contribution is 5.87. The van der Waals surface area contributed by atoms with Crippen LogP contribution < -0.4 is 0 Å². The van der Waals surface area contributed by atoms with E-state index in [0.29, 0.717) is 6.61 Å².